The molecule has 0 saturated heterocycles. The van der Waals surface area contributed by atoms with E-state index >= 15 is 0 Å². The van der Waals surface area contributed by atoms with Crippen molar-refractivity contribution in [3.8, 4) is 0 Å². The van der Waals surface area contributed by atoms with Gasteiger partial charge in [-0.1, -0.05) is 42.5 Å². The number of hydrogen-bond acceptors (Lipinski definition) is 5. The van der Waals surface area contributed by atoms with E-state index in [2.05, 4.69) is 15.5 Å². The monoisotopic (exact) mass is 364 g/mol. The highest BCUT2D eigenvalue weighted by Crippen LogP contribution is 2.25. The number of anilines is 1. The molecule has 1 aliphatic rings. The molecule has 0 aliphatic carbocycles. The van der Waals surface area contributed by atoms with Crippen LogP contribution in [0.3, 0.4) is 0 Å². The lowest BCUT2D eigenvalue weighted by atomic mass is 10.2. The van der Waals surface area contributed by atoms with Crippen LogP contribution in [0.1, 0.15) is 25.5 Å². The van der Waals surface area contributed by atoms with Gasteiger partial charge >= 0.3 is 5.69 Å². The summed E-state index contributed by atoms with van der Waals surface area (Å²) in [4.78, 5) is 30.2. The molecule has 1 aliphatic heterocycles. The molecular formula is C19H20N6O2. The van der Waals surface area contributed by atoms with Crippen molar-refractivity contribution >= 4 is 28.9 Å². The predicted molar refractivity (Wildman–Crippen MR) is 106 cm³/mol. The van der Waals surface area contributed by atoms with E-state index in [4.69, 9.17) is 0 Å². The first-order valence-corrected chi connectivity index (χ1v) is 8.72. The summed E-state index contributed by atoms with van der Waals surface area (Å²) in [5, 5.41) is 4.21. The molecule has 0 amide bonds. The highest BCUT2D eigenvalue weighted by Gasteiger charge is 2.26. The maximum absolute atomic E-state index is 13.1. The first-order valence-electron chi connectivity index (χ1n) is 8.72. The van der Waals surface area contributed by atoms with E-state index in [0.717, 1.165) is 11.3 Å². The summed E-state index contributed by atoms with van der Waals surface area (Å²) in [6, 6.07) is 9.62. The van der Waals surface area contributed by atoms with Gasteiger partial charge < -0.3 is 0 Å². The van der Waals surface area contributed by atoms with Crippen molar-refractivity contribution in [2.45, 2.75) is 26.4 Å². The van der Waals surface area contributed by atoms with Crippen LogP contribution in [0.2, 0.25) is 0 Å². The normalized spacial score (nSPS) is 16.4. The van der Waals surface area contributed by atoms with Gasteiger partial charge in [0.2, 0.25) is 5.95 Å². The topological polar surface area (TPSA) is 86.2 Å². The fraction of sp³-hybridized carbons (Fsp3) is 0.263. The van der Waals surface area contributed by atoms with Crippen LogP contribution >= 0.6 is 0 Å². The third kappa shape index (κ3) is 2.69. The van der Waals surface area contributed by atoms with Gasteiger partial charge in [0.1, 0.15) is 0 Å². The Morgan fingerprint density at radius 2 is 1.96 bits per heavy atom. The van der Waals surface area contributed by atoms with Gasteiger partial charge in [-0.3, -0.25) is 18.5 Å². The van der Waals surface area contributed by atoms with E-state index < -0.39 is 5.69 Å². The average molecular weight is 364 g/mol. The van der Waals surface area contributed by atoms with Gasteiger partial charge in [-0.05, 0) is 19.4 Å². The number of benzene rings is 1. The van der Waals surface area contributed by atoms with Crippen LogP contribution in [0.15, 0.2) is 51.1 Å². The van der Waals surface area contributed by atoms with E-state index in [1.54, 1.807) is 11.6 Å². The Morgan fingerprint density at radius 3 is 2.70 bits per heavy atom. The second-order valence-electron chi connectivity index (χ2n) is 6.59. The van der Waals surface area contributed by atoms with E-state index in [1.165, 1.54) is 9.13 Å². The molecule has 1 N–H and O–H groups in total. The number of fused-ring (bicyclic) bond motifs is 3. The van der Waals surface area contributed by atoms with Gasteiger partial charge in [0.25, 0.3) is 5.56 Å². The molecule has 8 heteroatoms. The molecule has 8 nitrogen and oxygen atoms in total. The van der Waals surface area contributed by atoms with Gasteiger partial charge in [0.05, 0.1) is 11.8 Å². The highest BCUT2D eigenvalue weighted by molar-refractivity contribution is 5.90. The van der Waals surface area contributed by atoms with Crippen LogP contribution in [-0.2, 0) is 13.6 Å². The number of hydrazone groups is 1. The SMILES string of the molecule is CC1=NNc2nc3c(c(=O)n(C/C=C/c4ccccc4)c(=O)n3C)n2[C@@H]1C. The van der Waals surface area contributed by atoms with E-state index in [0.29, 0.717) is 17.1 Å². The maximum Gasteiger partial charge on any atom is 0.332 e. The zero-order chi connectivity index (χ0) is 19.1. The lowest BCUT2D eigenvalue weighted by Crippen LogP contribution is -2.39. The molecule has 0 unspecified atom stereocenters. The molecule has 138 valence electrons. The standard InChI is InChI=1S/C19H20N6O2/c1-12-13(2)25-15-16(20-18(25)22-21-12)23(3)19(27)24(17(15)26)11-7-10-14-8-5-4-6-9-14/h4-10,13H,11H2,1-3H3,(H,20,22)/b10-7+/t13-/m1/s1. The molecule has 4 rings (SSSR count). The largest absolute Gasteiger partial charge is 0.332 e. The summed E-state index contributed by atoms with van der Waals surface area (Å²) in [6.07, 6.45) is 3.70. The zero-order valence-electron chi connectivity index (χ0n) is 15.4. The quantitative estimate of drug-likeness (QED) is 0.770. The van der Waals surface area contributed by atoms with Crippen molar-refractivity contribution in [3.63, 3.8) is 0 Å². The van der Waals surface area contributed by atoms with Crippen LogP contribution in [0.5, 0.6) is 0 Å². The van der Waals surface area contributed by atoms with Crippen molar-refractivity contribution in [2.75, 3.05) is 5.43 Å². The van der Waals surface area contributed by atoms with Crippen molar-refractivity contribution in [1.82, 2.24) is 18.7 Å². The molecule has 1 aromatic carbocycles. The minimum atomic E-state index is -0.397. The summed E-state index contributed by atoms with van der Waals surface area (Å²) in [5.74, 6) is 0.466. The third-order valence-electron chi connectivity index (χ3n) is 4.90. The Hall–Kier alpha value is -3.42. The molecule has 1 atom stereocenters. The summed E-state index contributed by atoms with van der Waals surface area (Å²) < 4.78 is 4.43. The minimum absolute atomic E-state index is 0.121. The second-order valence-corrected chi connectivity index (χ2v) is 6.59. The van der Waals surface area contributed by atoms with Gasteiger partial charge in [-0.15, -0.1) is 0 Å². The lowest BCUT2D eigenvalue weighted by Gasteiger charge is -2.21. The molecule has 3 heterocycles. The molecule has 3 aromatic rings. The molecule has 27 heavy (non-hydrogen) atoms. The van der Waals surface area contributed by atoms with Crippen molar-refractivity contribution in [2.24, 2.45) is 12.1 Å². The van der Waals surface area contributed by atoms with E-state index in [9.17, 15) is 9.59 Å². The molecule has 0 saturated carbocycles. The van der Waals surface area contributed by atoms with Crippen LogP contribution in [0.25, 0.3) is 17.2 Å². The number of aromatic nitrogens is 4. The molecule has 0 spiro atoms. The number of allylic oxidation sites excluding steroid dienone is 1. The highest BCUT2D eigenvalue weighted by atomic mass is 16.2. The van der Waals surface area contributed by atoms with Crippen LogP contribution in [0.4, 0.5) is 5.95 Å². The van der Waals surface area contributed by atoms with E-state index in [-0.39, 0.29) is 18.1 Å². The number of nitrogens with one attached hydrogen (secondary N) is 1. The average Bonchev–Trinajstić information content (AvgIpc) is 3.07. The molecule has 2 aromatic heterocycles. The van der Waals surface area contributed by atoms with Gasteiger partial charge in [-0.25, -0.2) is 10.2 Å². The number of hydrogen-bond donors (Lipinski definition) is 1. The molecule has 0 radical (unpaired) electrons. The molecule has 0 fully saturated rings. The zero-order valence-corrected chi connectivity index (χ0v) is 15.4. The van der Waals surface area contributed by atoms with Gasteiger partial charge in [0.15, 0.2) is 11.2 Å². The Bertz CT molecular complexity index is 1200. The fourth-order valence-electron chi connectivity index (χ4n) is 3.23. The first kappa shape index (κ1) is 17.0. The van der Waals surface area contributed by atoms with Crippen LogP contribution in [-0.4, -0.2) is 24.4 Å². The number of rotatable bonds is 3. The molecular weight excluding hydrogens is 344 g/mol. The summed E-state index contributed by atoms with van der Waals surface area (Å²) in [6.45, 7) is 4.02. The van der Waals surface area contributed by atoms with Crippen molar-refractivity contribution in [3.05, 3.63) is 62.8 Å². The van der Waals surface area contributed by atoms with Crippen molar-refractivity contribution in [1.29, 1.82) is 0 Å². The Balaban J connectivity index is 1.84. The Morgan fingerprint density at radius 1 is 1.22 bits per heavy atom. The second kappa shape index (κ2) is 6.39. The Labute approximate surface area is 155 Å². The molecule has 0 bridgehead atoms. The first-order chi connectivity index (χ1) is 13.0. The lowest BCUT2D eigenvalue weighted by molar-refractivity contribution is 0.653. The summed E-state index contributed by atoms with van der Waals surface area (Å²) >= 11 is 0. The maximum atomic E-state index is 13.1. The van der Waals surface area contributed by atoms with Crippen LogP contribution < -0.4 is 16.7 Å². The van der Waals surface area contributed by atoms with Gasteiger partial charge in [0, 0.05) is 13.6 Å². The van der Waals surface area contributed by atoms with Crippen molar-refractivity contribution < 1.29 is 0 Å². The fourth-order valence-corrected chi connectivity index (χ4v) is 3.23. The predicted octanol–water partition coefficient (Wildman–Crippen LogP) is 1.97. The summed E-state index contributed by atoms with van der Waals surface area (Å²) in [5.41, 5.74) is 4.70. The number of imidazole rings is 1. The van der Waals surface area contributed by atoms with E-state index in [1.807, 2.05) is 56.3 Å². The smallest absolute Gasteiger partial charge is 0.294 e. The number of nitrogens with zero attached hydrogens (tertiary/aromatic N) is 5. The summed E-state index contributed by atoms with van der Waals surface area (Å²) in [7, 11) is 1.62. The Kier molecular flexibility index (Phi) is 4.02. The minimum Gasteiger partial charge on any atom is -0.294 e. The van der Waals surface area contributed by atoms with Gasteiger partial charge in [-0.2, -0.15) is 10.1 Å². The van der Waals surface area contributed by atoms with Crippen LogP contribution in [0, 0.1) is 0 Å². The third-order valence-corrected chi connectivity index (χ3v) is 4.90. The number of aryl methyl sites for hydroxylation is 1.